The standard InChI is InChI=1S/C19H24N4O3S/c1-3-23(12-15-7-5-4-6-8-15)19(24)17-11-18(21-14(2)20-17)22-16-9-10-27(25,26)13-16/h4-8,11,16H,3,9-10,12-13H2,1-2H3,(H,20,21,22). The van der Waals surface area contributed by atoms with Crippen LogP contribution in [0.25, 0.3) is 0 Å². The Morgan fingerprint density at radius 1 is 1.26 bits per heavy atom. The minimum absolute atomic E-state index is 0.0917. The number of amides is 1. The lowest BCUT2D eigenvalue weighted by Gasteiger charge is -2.21. The topological polar surface area (TPSA) is 92.3 Å². The van der Waals surface area contributed by atoms with Crippen LogP contribution >= 0.6 is 0 Å². The van der Waals surface area contributed by atoms with Gasteiger partial charge in [0.25, 0.3) is 5.91 Å². The number of hydrogen-bond acceptors (Lipinski definition) is 6. The molecule has 8 heteroatoms. The predicted molar refractivity (Wildman–Crippen MR) is 104 cm³/mol. The highest BCUT2D eigenvalue weighted by Gasteiger charge is 2.28. The summed E-state index contributed by atoms with van der Waals surface area (Å²) in [6, 6.07) is 11.2. The fourth-order valence-corrected chi connectivity index (χ4v) is 4.84. The number of carbonyl (C=O) groups is 1. The van der Waals surface area contributed by atoms with E-state index in [4.69, 9.17) is 0 Å². The van der Waals surface area contributed by atoms with E-state index in [0.29, 0.717) is 36.8 Å². The number of rotatable bonds is 6. The van der Waals surface area contributed by atoms with Crippen molar-refractivity contribution in [3.8, 4) is 0 Å². The fourth-order valence-electron chi connectivity index (χ4n) is 3.16. The molecular weight excluding hydrogens is 364 g/mol. The zero-order valence-corrected chi connectivity index (χ0v) is 16.4. The lowest BCUT2D eigenvalue weighted by atomic mass is 10.2. The summed E-state index contributed by atoms with van der Waals surface area (Å²) in [5, 5.41) is 3.14. The van der Waals surface area contributed by atoms with Gasteiger partial charge in [0.05, 0.1) is 11.5 Å². The normalized spacial score (nSPS) is 18.2. The third-order valence-electron chi connectivity index (χ3n) is 4.53. The van der Waals surface area contributed by atoms with Crippen molar-refractivity contribution in [1.82, 2.24) is 14.9 Å². The lowest BCUT2D eigenvalue weighted by molar-refractivity contribution is 0.0746. The minimum atomic E-state index is -2.99. The summed E-state index contributed by atoms with van der Waals surface area (Å²) in [7, 11) is -2.99. The lowest BCUT2D eigenvalue weighted by Crippen LogP contribution is -2.31. The number of aromatic nitrogens is 2. The molecule has 0 bridgehead atoms. The van der Waals surface area contributed by atoms with Crippen LogP contribution in [0.15, 0.2) is 36.4 Å². The monoisotopic (exact) mass is 388 g/mol. The van der Waals surface area contributed by atoms with Crippen LogP contribution in [0, 0.1) is 6.92 Å². The molecule has 1 unspecified atom stereocenters. The van der Waals surface area contributed by atoms with Crippen LogP contribution in [-0.2, 0) is 16.4 Å². The molecule has 0 aliphatic carbocycles. The molecule has 1 aromatic carbocycles. The molecule has 1 fully saturated rings. The molecule has 2 aromatic rings. The Morgan fingerprint density at radius 3 is 2.63 bits per heavy atom. The number of benzene rings is 1. The number of nitrogens with one attached hydrogen (secondary N) is 1. The van der Waals surface area contributed by atoms with Gasteiger partial charge in [-0.2, -0.15) is 0 Å². The van der Waals surface area contributed by atoms with Gasteiger partial charge in [0, 0.05) is 25.2 Å². The molecule has 27 heavy (non-hydrogen) atoms. The summed E-state index contributed by atoms with van der Waals surface area (Å²) in [5.41, 5.74) is 1.36. The number of sulfone groups is 1. The van der Waals surface area contributed by atoms with Gasteiger partial charge in [-0.1, -0.05) is 30.3 Å². The summed E-state index contributed by atoms with van der Waals surface area (Å²) in [4.78, 5) is 23.3. The van der Waals surface area contributed by atoms with Gasteiger partial charge in [-0.05, 0) is 25.8 Å². The van der Waals surface area contributed by atoms with Crippen LogP contribution in [0.5, 0.6) is 0 Å². The van der Waals surface area contributed by atoms with Crippen molar-refractivity contribution in [3.63, 3.8) is 0 Å². The first-order valence-electron chi connectivity index (χ1n) is 9.02. The van der Waals surface area contributed by atoms with Crippen LogP contribution in [0.2, 0.25) is 0 Å². The van der Waals surface area contributed by atoms with Gasteiger partial charge in [0.1, 0.15) is 17.3 Å². The van der Waals surface area contributed by atoms with Crippen LogP contribution in [0.3, 0.4) is 0 Å². The van der Waals surface area contributed by atoms with E-state index in [1.165, 1.54) is 0 Å². The summed E-state index contributed by atoms with van der Waals surface area (Å²) >= 11 is 0. The van der Waals surface area contributed by atoms with E-state index < -0.39 is 9.84 Å². The van der Waals surface area contributed by atoms with Gasteiger partial charge < -0.3 is 10.2 Å². The highest BCUT2D eigenvalue weighted by atomic mass is 32.2. The van der Waals surface area contributed by atoms with Crippen LogP contribution in [0.1, 0.15) is 35.2 Å². The number of nitrogens with zero attached hydrogens (tertiary/aromatic N) is 3. The fraction of sp³-hybridized carbons (Fsp3) is 0.421. The van der Waals surface area contributed by atoms with Crippen molar-refractivity contribution in [1.29, 1.82) is 0 Å². The maximum atomic E-state index is 12.9. The first kappa shape index (κ1) is 19.3. The molecule has 1 N–H and O–H groups in total. The zero-order chi connectivity index (χ0) is 19.4. The maximum Gasteiger partial charge on any atom is 0.272 e. The summed E-state index contributed by atoms with van der Waals surface area (Å²) in [6.45, 7) is 4.71. The summed E-state index contributed by atoms with van der Waals surface area (Å²) in [6.07, 6.45) is 0.545. The van der Waals surface area contributed by atoms with E-state index in [2.05, 4.69) is 15.3 Å². The quantitative estimate of drug-likeness (QED) is 0.814. The Balaban J connectivity index is 1.76. The van der Waals surface area contributed by atoms with Crippen LogP contribution < -0.4 is 5.32 Å². The molecule has 1 atom stereocenters. The van der Waals surface area contributed by atoms with Crippen molar-refractivity contribution in [2.24, 2.45) is 0 Å². The van der Waals surface area contributed by atoms with Gasteiger partial charge >= 0.3 is 0 Å². The minimum Gasteiger partial charge on any atom is -0.366 e. The smallest absolute Gasteiger partial charge is 0.272 e. The van der Waals surface area contributed by atoms with Crippen molar-refractivity contribution < 1.29 is 13.2 Å². The zero-order valence-electron chi connectivity index (χ0n) is 15.6. The van der Waals surface area contributed by atoms with Crippen LogP contribution in [0.4, 0.5) is 5.82 Å². The summed E-state index contributed by atoms with van der Waals surface area (Å²) < 4.78 is 23.3. The number of carbonyl (C=O) groups excluding carboxylic acids is 1. The number of aryl methyl sites for hydroxylation is 1. The molecule has 1 saturated heterocycles. The van der Waals surface area contributed by atoms with Crippen molar-refractivity contribution in [2.45, 2.75) is 32.9 Å². The highest BCUT2D eigenvalue weighted by Crippen LogP contribution is 2.18. The molecule has 0 spiro atoms. The molecule has 3 rings (SSSR count). The Hall–Kier alpha value is -2.48. The first-order chi connectivity index (χ1) is 12.9. The molecule has 144 valence electrons. The molecule has 0 radical (unpaired) electrons. The number of hydrogen-bond donors (Lipinski definition) is 1. The maximum absolute atomic E-state index is 12.9. The Bertz CT molecular complexity index is 916. The SMILES string of the molecule is CCN(Cc1ccccc1)C(=O)c1cc(NC2CCS(=O)(=O)C2)nc(C)n1. The van der Waals surface area contributed by atoms with Gasteiger partial charge in [-0.3, -0.25) is 4.79 Å². The van der Waals surface area contributed by atoms with Gasteiger partial charge in [-0.25, -0.2) is 18.4 Å². The number of anilines is 1. The van der Waals surface area contributed by atoms with E-state index in [-0.39, 0.29) is 23.5 Å². The van der Waals surface area contributed by atoms with Gasteiger partial charge in [0.2, 0.25) is 0 Å². The average molecular weight is 388 g/mol. The third kappa shape index (κ3) is 5.03. The predicted octanol–water partition coefficient (Wildman–Crippen LogP) is 2.05. The molecule has 7 nitrogen and oxygen atoms in total. The average Bonchev–Trinajstić information content (AvgIpc) is 2.97. The Morgan fingerprint density at radius 2 is 2.00 bits per heavy atom. The van der Waals surface area contributed by atoms with Crippen molar-refractivity contribution in [2.75, 3.05) is 23.4 Å². The molecule has 1 aromatic heterocycles. The third-order valence-corrected chi connectivity index (χ3v) is 6.29. The van der Waals surface area contributed by atoms with E-state index in [0.717, 1.165) is 5.56 Å². The van der Waals surface area contributed by atoms with Gasteiger partial charge in [-0.15, -0.1) is 0 Å². The summed E-state index contributed by atoms with van der Waals surface area (Å²) in [5.74, 6) is 1.06. The Labute approximate surface area is 159 Å². The second kappa shape index (κ2) is 8.04. The molecule has 1 aliphatic heterocycles. The van der Waals surface area contributed by atoms with Crippen molar-refractivity contribution >= 4 is 21.6 Å². The molecule has 1 aliphatic rings. The largest absolute Gasteiger partial charge is 0.366 e. The molecule has 2 heterocycles. The molecule has 1 amide bonds. The van der Waals surface area contributed by atoms with E-state index in [1.54, 1.807) is 17.9 Å². The van der Waals surface area contributed by atoms with E-state index in [9.17, 15) is 13.2 Å². The molecular formula is C19H24N4O3S. The Kier molecular flexibility index (Phi) is 5.74. The second-order valence-corrected chi connectivity index (χ2v) is 8.96. The first-order valence-corrected chi connectivity index (χ1v) is 10.8. The van der Waals surface area contributed by atoms with E-state index >= 15 is 0 Å². The second-order valence-electron chi connectivity index (χ2n) is 6.73. The van der Waals surface area contributed by atoms with E-state index in [1.807, 2.05) is 37.3 Å². The van der Waals surface area contributed by atoms with Crippen molar-refractivity contribution in [3.05, 3.63) is 53.5 Å². The van der Waals surface area contributed by atoms with Gasteiger partial charge in [0.15, 0.2) is 9.84 Å². The highest BCUT2D eigenvalue weighted by molar-refractivity contribution is 7.91. The van der Waals surface area contributed by atoms with Crippen LogP contribution in [-0.4, -0.2) is 53.3 Å². The molecule has 0 saturated carbocycles.